The van der Waals surface area contributed by atoms with E-state index in [1.165, 1.54) is 6.42 Å². The molecule has 0 saturated carbocycles. The third-order valence-corrected chi connectivity index (χ3v) is 4.57. The minimum Gasteiger partial charge on any atom is -0.343 e. The van der Waals surface area contributed by atoms with Crippen LogP contribution in [0, 0.1) is 0 Å². The van der Waals surface area contributed by atoms with E-state index in [-0.39, 0.29) is 5.91 Å². The highest BCUT2D eigenvalue weighted by Gasteiger charge is 2.16. The van der Waals surface area contributed by atoms with Gasteiger partial charge < -0.3 is 9.42 Å². The Kier molecular flexibility index (Phi) is 4.65. The average molecular weight is 305 g/mol. The normalized spacial score (nSPS) is 15.3. The molecular formula is C15H19N3O2S. The van der Waals surface area contributed by atoms with Gasteiger partial charge >= 0.3 is 0 Å². The molecule has 0 unspecified atom stereocenters. The van der Waals surface area contributed by atoms with Gasteiger partial charge in [-0.2, -0.15) is 4.98 Å². The van der Waals surface area contributed by atoms with E-state index in [2.05, 4.69) is 10.1 Å². The quantitative estimate of drug-likeness (QED) is 0.851. The molecule has 1 aliphatic heterocycles. The van der Waals surface area contributed by atoms with E-state index in [1.54, 1.807) is 11.3 Å². The van der Waals surface area contributed by atoms with E-state index in [4.69, 9.17) is 4.52 Å². The lowest BCUT2D eigenvalue weighted by atomic mass is 10.1. The molecule has 0 radical (unpaired) electrons. The molecule has 0 N–H and O–H groups in total. The highest BCUT2D eigenvalue weighted by atomic mass is 32.1. The van der Waals surface area contributed by atoms with Gasteiger partial charge in [0.05, 0.1) is 4.88 Å². The van der Waals surface area contributed by atoms with Gasteiger partial charge in [-0.25, -0.2) is 0 Å². The zero-order valence-corrected chi connectivity index (χ0v) is 12.8. The summed E-state index contributed by atoms with van der Waals surface area (Å²) in [6.45, 7) is 1.84. The number of piperidine rings is 1. The second-order valence-electron chi connectivity index (χ2n) is 5.28. The van der Waals surface area contributed by atoms with Crippen molar-refractivity contribution in [1.82, 2.24) is 15.0 Å². The van der Waals surface area contributed by atoms with Crippen LogP contribution in [-0.4, -0.2) is 34.0 Å². The van der Waals surface area contributed by atoms with Gasteiger partial charge in [0.2, 0.25) is 17.6 Å². The third kappa shape index (κ3) is 3.69. The van der Waals surface area contributed by atoms with Gasteiger partial charge in [-0.3, -0.25) is 4.79 Å². The van der Waals surface area contributed by atoms with E-state index in [1.807, 2.05) is 22.4 Å². The largest absolute Gasteiger partial charge is 0.343 e. The topological polar surface area (TPSA) is 59.2 Å². The number of hydrogen-bond acceptors (Lipinski definition) is 5. The first-order chi connectivity index (χ1) is 10.3. The van der Waals surface area contributed by atoms with Crippen LogP contribution < -0.4 is 0 Å². The first-order valence-corrected chi connectivity index (χ1v) is 8.35. The van der Waals surface area contributed by atoms with Crippen molar-refractivity contribution in [3.63, 3.8) is 0 Å². The molecule has 21 heavy (non-hydrogen) atoms. The van der Waals surface area contributed by atoms with Gasteiger partial charge in [-0.1, -0.05) is 11.2 Å². The Balaban J connectivity index is 1.46. The number of likely N-dealkylation sites (tertiary alicyclic amines) is 1. The summed E-state index contributed by atoms with van der Waals surface area (Å²) in [5.41, 5.74) is 0. The second-order valence-corrected chi connectivity index (χ2v) is 6.23. The van der Waals surface area contributed by atoms with Crippen molar-refractivity contribution in [3.05, 3.63) is 23.4 Å². The molecule has 2 aromatic heterocycles. The number of nitrogens with zero attached hydrogens (tertiary/aromatic N) is 3. The number of amides is 1. The van der Waals surface area contributed by atoms with Crippen LogP contribution >= 0.6 is 11.3 Å². The lowest BCUT2D eigenvalue weighted by Crippen LogP contribution is -2.35. The van der Waals surface area contributed by atoms with Crippen LogP contribution in [0.1, 0.15) is 38.0 Å². The van der Waals surface area contributed by atoms with Gasteiger partial charge in [-0.15, -0.1) is 11.3 Å². The van der Waals surface area contributed by atoms with Crippen molar-refractivity contribution < 1.29 is 9.32 Å². The number of carbonyl (C=O) groups is 1. The smallest absolute Gasteiger partial charge is 0.226 e. The second kappa shape index (κ2) is 6.85. The minimum absolute atomic E-state index is 0.257. The lowest BCUT2D eigenvalue weighted by Gasteiger charge is -2.26. The molecule has 1 aliphatic rings. The fourth-order valence-electron chi connectivity index (χ4n) is 2.55. The summed E-state index contributed by atoms with van der Waals surface area (Å²) >= 11 is 1.59. The maximum absolute atomic E-state index is 12.0. The van der Waals surface area contributed by atoms with Crippen molar-refractivity contribution in [3.8, 4) is 10.7 Å². The Morgan fingerprint density at radius 2 is 2.19 bits per heavy atom. The Morgan fingerprint density at radius 3 is 2.95 bits per heavy atom. The van der Waals surface area contributed by atoms with E-state index in [9.17, 15) is 4.79 Å². The monoisotopic (exact) mass is 305 g/mol. The van der Waals surface area contributed by atoms with Crippen LogP contribution in [0.4, 0.5) is 0 Å². The molecule has 0 spiro atoms. The fourth-order valence-corrected chi connectivity index (χ4v) is 3.20. The van der Waals surface area contributed by atoms with Crippen LogP contribution in [0.3, 0.4) is 0 Å². The molecule has 3 rings (SSSR count). The lowest BCUT2D eigenvalue weighted by molar-refractivity contribution is -0.132. The zero-order chi connectivity index (χ0) is 14.5. The van der Waals surface area contributed by atoms with Crippen molar-refractivity contribution >= 4 is 17.2 Å². The maximum atomic E-state index is 12.0. The molecule has 5 nitrogen and oxygen atoms in total. The number of thiophene rings is 1. The predicted octanol–water partition coefficient (Wildman–Crippen LogP) is 3.13. The zero-order valence-electron chi connectivity index (χ0n) is 12.0. The van der Waals surface area contributed by atoms with Crippen LogP contribution in [0.5, 0.6) is 0 Å². The number of aromatic nitrogens is 2. The minimum atomic E-state index is 0.257. The van der Waals surface area contributed by atoms with Crippen LogP contribution in [0.25, 0.3) is 10.7 Å². The fraction of sp³-hybridized carbons (Fsp3) is 0.533. The standard InChI is InChI=1S/C15H19N3O2S/c19-14(18-9-2-1-3-10-18)8-4-7-13-16-15(17-20-13)12-6-5-11-21-12/h5-6,11H,1-4,7-10H2. The summed E-state index contributed by atoms with van der Waals surface area (Å²) in [4.78, 5) is 19.4. The Hall–Kier alpha value is -1.69. The highest BCUT2D eigenvalue weighted by molar-refractivity contribution is 7.13. The van der Waals surface area contributed by atoms with Crippen molar-refractivity contribution in [2.75, 3.05) is 13.1 Å². The van der Waals surface area contributed by atoms with Crippen molar-refractivity contribution in [2.24, 2.45) is 0 Å². The summed E-state index contributed by atoms with van der Waals surface area (Å²) in [6, 6.07) is 3.94. The molecule has 1 fully saturated rings. The van der Waals surface area contributed by atoms with Gasteiger partial charge in [0.1, 0.15) is 0 Å². The molecule has 2 aromatic rings. The molecule has 3 heterocycles. The number of hydrogen-bond donors (Lipinski definition) is 0. The van der Waals surface area contributed by atoms with Gasteiger partial charge in [0.15, 0.2) is 0 Å². The number of aryl methyl sites for hydroxylation is 1. The van der Waals surface area contributed by atoms with E-state index in [0.717, 1.165) is 37.2 Å². The summed E-state index contributed by atoms with van der Waals surface area (Å²) in [5, 5.41) is 5.96. The predicted molar refractivity (Wildman–Crippen MR) is 81.0 cm³/mol. The number of rotatable bonds is 5. The highest BCUT2D eigenvalue weighted by Crippen LogP contribution is 2.21. The number of carbonyl (C=O) groups excluding carboxylic acids is 1. The van der Waals surface area contributed by atoms with Gasteiger partial charge in [0, 0.05) is 25.9 Å². The van der Waals surface area contributed by atoms with Gasteiger partial charge in [-0.05, 0) is 37.1 Å². The molecule has 1 saturated heterocycles. The molecule has 0 atom stereocenters. The van der Waals surface area contributed by atoms with Crippen LogP contribution in [0.15, 0.2) is 22.0 Å². The van der Waals surface area contributed by atoms with Crippen molar-refractivity contribution in [1.29, 1.82) is 0 Å². The molecular weight excluding hydrogens is 286 g/mol. The molecule has 112 valence electrons. The first-order valence-electron chi connectivity index (χ1n) is 7.47. The maximum Gasteiger partial charge on any atom is 0.226 e. The Morgan fingerprint density at radius 1 is 1.33 bits per heavy atom. The summed E-state index contributed by atoms with van der Waals surface area (Å²) < 4.78 is 5.24. The summed E-state index contributed by atoms with van der Waals surface area (Å²) in [7, 11) is 0. The average Bonchev–Trinajstić information content (AvgIpc) is 3.19. The van der Waals surface area contributed by atoms with Crippen LogP contribution in [-0.2, 0) is 11.2 Å². The van der Waals surface area contributed by atoms with Crippen molar-refractivity contribution in [2.45, 2.75) is 38.5 Å². The van der Waals surface area contributed by atoms with Gasteiger partial charge in [0.25, 0.3) is 0 Å². The molecule has 6 heteroatoms. The first kappa shape index (κ1) is 14.3. The Bertz CT molecular complexity index is 574. The summed E-state index contributed by atoms with van der Waals surface area (Å²) in [6.07, 6.45) is 5.52. The van der Waals surface area contributed by atoms with Crippen LogP contribution in [0.2, 0.25) is 0 Å². The third-order valence-electron chi connectivity index (χ3n) is 3.70. The molecule has 0 bridgehead atoms. The van der Waals surface area contributed by atoms with E-state index >= 15 is 0 Å². The summed E-state index contributed by atoms with van der Waals surface area (Å²) in [5.74, 6) is 1.51. The van der Waals surface area contributed by atoms with E-state index < -0.39 is 0 Å². The molecule has 0 aromatic carbocycles. The van der Waals surface area contributed by atoms with E-state index in [0.29, 0.717) is 24.6 Å². The molecule has 0 aliphatic carbocycles. The SMILES string of the molecule is O=C(CCCc1nc(-c2cccs2)no1)N1CCCCC1. The molecule has 1 amide bonds. The Labute approximate surface area is 128 Å².